The Morgan fingerprint density at radius 3 is 2.33 bits per heavy atom. The summed E-state index contributed by atoms with van der Waals surface area (Å²) < 4.78 is 0.574. The molecule has 0 saturated heterocycles. The van der Waals surface area contributed by atoms with Crippen LogP contribution in [0.4, 0.5) is 0 Å². The summed E-state index contributed by atoms with van der Waals surface area (Å²) in [6.45, 7) is 2.34. The molecule has 15 heavy (non-hydrogen) atoms. The molecule has 1 heteroatoms. The molecule has 2 unspecified atom stereocenters. The molecule has 4 saturated carbocycles. The number of alkyl halides is 1. The third-order valence-corrected chi connectivity index (χ3v) is 6.10. The number of hydrogen-bond donors (Lipinski definition) is 0. The summed E-state index contributed by atoms with van der Waals surface area (Å²) in [7, 11) is 0. The zero-order chi connectivity index (χ0) is 10.5. The van der Waals surface area contributed by atoms with Crippen molar-refractivity contribution in [3.8, 4) is 0 Å². The quantitative estimate of drug-likeness (QED) is 0.640. The highest BCUT2D eigenvalue weighted by Gasteiger charge is 2.56. The summed E-state index contributed by atoms with van der Waals surface area (Å²) in [5, 5.41) is 0. The molecule has 0 aromatic rings. The molecule has 0 spiro atoms. The molecule has 4 bridgehead atoms. The lowest BCUT2D eigenvalue weighted by Gasteiger charge is -2.60. The first-order chi connectivity index (χ1) is 7.13. The lowest BCUT2D eigenvalue weighted by molar-refractivity contribution is -0.0409. The highest BCUT2D eigenvalue weighted by atomic mass is 79.9. The van der Waals surface area contributed by atoms with Crippen LogP contribution in [0.1, 0.15) is 64.7 Å². The first-order valence-electron chi connectivity index (χ1n) is 6.82. The Morgan fingerprint density at radius 1 is 1.13 bits per heavy atom. The first-order valence-corrected chi connectivity index (χ1v) is 7.61. The van der Waals surface area contributed by atoms with E-state index in [1.54, 1.807) is 19.3 Å². The molecule has 4 aliphatic rings. The van der Waals surface area contributed by atoms with Gasteiger partial charge in [-0.15, -0.1) is 0 Å². The molecule has 0 N–H and O–H groups in total. The zero-order valence-electron chi connectivity index (χ0n) is 9.90. The number of halogens is 1. The Balaban J connectivity index is 1.80. The van der Waals surface area contributed by atoms with Crippen molar-refractivity contribution in [1.29, 1.82) is 0 Å². The predicted octanol–water partition coefficient (Wildman–Crippen LogP) is 4.91. The van der Waals surface area contributed by atoms with Gasteiger partial charge in [0.05, 0.1) is 0 Å². The van der Waals surface area contributed by atoms with Gasteiger partial charge in [-0.25, -0.2) is 0 Å². The SMILES string of the molecule is CCCCC12CC3CC(CC(Br)(C3)C1)C2. The molecule has 0 aliphatic heterocycles. The van der Waals surface area contributed by atoms with Gasteiger partial charge in [0.25, 0.3) is 0 Å². The van der Waals surface area contributed by atoms with Crippen molar-refractivity contribution in [1.82, 2.24) is 0 Å². The highest BCUT2D eigenvalue weighted by molar-refractivity contribution is 9.10. The van der Waals surface area contributed by atoms with Crippen molar-refractivity contribution in [3.05, 3.63) is 0 Å². The minimum Gasteiger partial charge on any atom is -0.0853 e. The van der Waals surface area contributed by atoms with Crippen LogP contribution >= 0.6 is 15.9 Å². The van der Waals surface area contributed by atoms with Gasteiger partial charge in [0, 0.05) is 4.32 Å². The Bertz CT molecular complexity index is 244. The largest absolute Gasteiger partial charge is 0.0853 e. The van der Waals surface area contributed by atoms with E-state index in [0.29, 0.717) is 4.32 Å². The second-order valence-corrected chi connectivity index (χ2v) is 8.40. The topological polar surface area (TPSA) is 0 Å². The summed E-state index contributed by atoms with van der Waals surface area (Å²) in [6.07, 6.45) is 13.5. The summed E-state index contributed by atoms with van der Waals surface area (Å²) in [5.74, 6) is 2.14. The Morgan fingerprint density at radius 2 is 1.80 bits per heavy atom. The van der Waals surface area contributed by atoms with E-state index in [9.17, 15) is 0 Å². The highest BCUT2D eigenvalue weighted by Crippen LogP contribution is 2.65. The average Bonchev–Trinajstić information content (AvgIpc) is 2.10. The van der Waals surface area contributed by atoms with Crippen molar-refractivity contribution in [3.63, 3.8) is 0 Å². The molecule has 0 nitrogen and oxygen atoms in total. The maximum absolute atomic E-state index is 4.08. The maximum Gasteiger partial charge on any atom is 0.0268 e. The smallest absolute Gasteiger partial charge is 0.0268 e. The second kappa shape index (κ2) is 3.48. The third kappa shape index (κ3) is 1.79. The van der Waals surface area contributed by atoms with E-state index < -0.39 is 0 Å². The van der Waals surface area contributed by atoms with Crippen LogP contribution in [-0.2, 0) is 0 Å². The van der Waals surface area contributed by atoms with E-state index in [0.717, 1.165) is 17.3 Å². The monoisotopic (exact) mass is 270 g/mol. The maximum atomic E-state index is 4.08. The Hall–Kier alpha value is 0.480. The van der Waals surface area contributed by atoms with E-state index in [2.05, 4.69) is 22.9 Å². The van der Waals surface area contributed by atoms with E-state index in [4.69, 9.17) is 0 Å². The van der Waals surface area contributed by atoms with Gasteiger partial charge in [-0.1, -0.05) is 35.7 Å². The van der Waals surface area contributed by atoms with Crippen molar-refractivity contribution in [2.24, 2.45) is 17.3 Å². The van der Waals surface area contributed by atoms with Crippen molar-refractivity contribution < 1.29 is 0 Å². The van der Waals surface area contributed by atoms with Gasteiger partial charge >= 0.3 is 0 Å². The van der Waals surface area contributed by atoms with Gasteiger partial charge in [-0.2, -0.15) is 0 Å². The standard InChI is InChI=1S/C14H23Br/c1-2-3-4-13-6-11-5-12(7-13)9-14(15,8-11)10-13/h11-12H,2-10H2,1H3. The number of hydrogen-bond acceptors (Lipinski definition) is 0. The van der Waals surface area contributed by atoms with Crippen LogP contribution < -0.4 is 0 Å². The molecule has 0 radical (unpaired) electrons. The lowest BCUT2D eigenvalue weighted by Crippen LogP contribution is -2.52. The molecule has 0 heterocycles. The van der Waals surface area contributed by atoms with Gasteiger partial charge in [-0.05, 0) is 62.2 Å². The lowest BCUT2D eigenvalue weighted by atomic mass is 9.48. The van der Waals surface area contributed by atoms with Gasteiger partial charge < -0.3 is 0 Å². The van der Waals surface area contributed by atoms with Gasteiger partial charge in [-0.3, -0.25) is 0 Å². The van der Waals surface area contributed by atoms with Crippen LogP contribution in [0.5, 0.6) is 0 Å². The van der Waals surface area contributed by atoms with Crippen LogP contribution in [0.25, 0.3) is 0 Å². The summed E-state index contributed by atoms with van der Waals surface area (Å²) >= 11 is 4.08. The van der Waals surface area contributed by atoms with Gasteiger partial charge in [0.15, 0.2) is 0 Å². The predicted molar refractivity (Wildman–Crippen MR) is 68.3 cm³/mol. The molecular formula is C14H23Br. The normalized spacial score (nSPS) is 52.4. The summed E-state index contributed by atoms with van der Waals surface area (Å²) in [4.78, 5) is 0. The minimum atomic E-state index is 0.574. The zero-order valence-corrected chi connectivity index (χ0v) is 11.5. The molecule has 4 aliphatic carbocycles. The number of unbranched alkanes of at least 4 members (excludes halogenated alkanes) is 1. The average molecular weight is 271 g/mol. The summed E-state index contributed by atoms with van der Waals surface area (Å²) in [6, 6.07) is 0. The van der Waals surface area contributed by atoms with Crippen LogP contribution in [0.2, 0.25) is 0 Å². The second-order valence-electron chi connectivity index (χ2n) is 6.72. The van der Waals surface area contributed by atoms with Gasteiger partial charge in [0.2, 0.25) is 0 Å². The van der Waals surface area contributed by atoms with Crippen molar-refractivity contribution in [2.45, 2.75) is 69.0 Å². The van der Waals surface area contributed by atoms with E-state index >= 15 is 0 Å². The number of rotatable bonds is 3. The van der Waals surface area contributed by atoms with Crippen molar-refractivity contribution in [2.75, 3.05) is 0 Å². The van der Waals surface area contributed by atoms with Crippen LogP contribution in [-0.4, -0.2) is 4.32 Å². The Labute approximate surface area is 102 Å². The fraction of sp³-hybridized carbons (Fsp3) is 1.00. The fourth-order valence-electron chi connectivity index (χ4n) is 5.18. The van der Waals surface area contributed by atoms with Crippen LogP contribution in [0.15, 0.2) is 0 Å². The van der Waals surface area contributed by atoms with Crippen molar-refractivity contribution >= 4 is 15.9 Å². The fourth-order valence-corrected chi connectivity index (χ4v) is 6.69. The molecule has 0 aromatic heterocycles. The van der Waals surface area contributed by atoms with E-state index in [1.165, 1.54) is 38.5 Å². The molecule has 0 aromatic carbocycles. The third-order valence-electron chi connectivity index (χ3n) is 5.17. The first kappa shape index (κ1) is 10.6. The van der Waals surface area contributed by atoms with E-state index in [-0.39, 0.29) is 0 Å². The van der Waals surface area contributed by atoms with Crippen LogP contribution in [0, 0.1) is 17.3 Å². The molecule has 4 rings (SSSR count). The molecule has 4 fully saturated rings. The molecule has 2 atom stereocenters. The summed E-state index contributed by atoms with van der Waals surface area (Å²) in [5.41, 5.74) is 0.767. The molecule has 0 amide bonds. The molecule has 86 valence electrons. The van der Waals surface area contributed by atoms with E-state index in [1.807, 2.05) is 0 Å². The minimum absolute atomic E-state index is 0.574. The van der Waals surface area contributed by atoms with Gasteiger partial charge in [0.1, 0.15) is 0 Å². The van der Waals surface area contributed by atoms with Crippen LogP contribution in [0.3, 0.4) is 0 Å². The Kier molecular flexibility index (Phi) is 2.47. The molecular weight excluding hydrogens is 248 g/mol.